The lowest BCUT2D eigenvalue weighted by molar-refractivity contribution is 0.0695. The third-order valence-corrected chi connectivity index (χ3v) is 8.69. The highest BCUT2D eigenvalue weighted by atomic mass is 35.5. The Kier molecular flexibility index (Phi) is 5.52. The van der Waals surface area contributed by atoms with E-state index in [1.54, 1.807) is 25.5 Å². The minimum Gasteiger partial charge on any atom is -0.477 e. The number of likely N-dealkylation sites (tertiary alicyclic amines) is 1. The molecule has 0 aliphatic carbocycles. The van der Waals surface area contributed by atoms with E-state index in [2.05, 4.69) is 37.1 Å². The van der Waals surface area contributed by atoms with Crippen LogP contribution in [0.15, 0.2) is 35.5 Å². The van der Waals surface area contributed by atoms with Gasteiger partial charge in [-0.05, 0) is 25.5 Å². The van der Waals surface area contributed by atoms with Crippen molar-refractivity contribution in [2.75, 3.05) is 43.9 Å². The van der Waals surface area contributed by atoms with E-state index >= 15 is 4.39 Å². The normalized spacial score (nSPS) is 19.2. The van der Waals surface area contributed by atoms with Crippen LogP contribution in [-0.4, -0.2) is 75.7 Å². The molecule has 4 N–H and O–H groups in total. The van der Waals surface area contributed by atoms with Crippen LogP contribution in [0.5, 0.6) is 0 Å². The number of halogens is 2. The van der Waals surface area contributed by atoms with Crippen LogP contribution in [0.25, 0.3) is 44.1 Å². The number of likely N-dealkylation sites (N-methyl/N-ethyl adjacent to an activating group) is 1. The number of rotatable bonds is 4. The van der Waals surface area contributed by atoms with E-state index in [1.807, 2.05) is 0 Å². The van der Waals surface area contributed by atoms with Crippen molar-refractivity contribution in [2.24, 2.45) is 5.92 Å². The standard InChI is InChI=1S/C28H25ClFN7O3/c1-31-18-6-17(30)22(29)20-21-24(37-4-3-12-10-36(2)11-19(12)37)15(8-34-27(21)35-23(18)20)13-5-14-25(38)16(28(39)40)9-33-26(14)32-7-13/h5-9,12,19,31H,3-4,10-11H2,1-2H3,(H,34,35)(H,39,40)(H,32,33,38)/t12?,19-/m1/s1. The summed E-state index contributed by atoms with van der Waals surface area (Å²) in [5.41, 5.74) is 3.18. The average Bonchev–Trinajstić information content (AvgIpc) is 3.62. The van der Waals surface area contributed by atoms with Crippen LogP contribution in [-0.2, 0) is 0 Å². The van der Waals surface area contributed by atoms with Gasteiger partial charge in [-0.15, -0.1) is 0 Å². The monoisotopic (exact) mass is 561 g/mol. The minimum absolute atomic E-state index is 0.00100. The summed E-state index contributed by atoms with van der Waals surface area (Å²) in [5.74, 6) is -1.39. The SMILES string of the molecule is CNc1cc(F)c(Cl)c2c1[nH]c1ncc(-c3cnc4[nH]cc(C(=O)O)c(=O)c4c3)c(N3CCC4CN(C)C[C@H]43)c12. The molecule has 2 aliphatic heterocycles. The molecule has 0 saturated carbocycles. The van der Waals surface area contributed by atoms with Crippen LogP contribution in [0.3, 0.4) is 0 Å². The zero-order valence-electron chi connectivity index (χ0n) is 21.7. The molecule has 2 aliphatic rings. The van der Waals surface area contributed by atoms with Gasteiger partial charge in [-0.2, -0.15) is 0 Å². The highest BCUT2D eigenvalue weighted by Gasteiger charge is 2.42. The summed E-state index contributed by atoms with van der Waals surface area (Å²) in [7, 11) is 3.83. The smallest absolute Gasteiger partial charge is 0.341 e. The van der Waals surface area contributed by atoms with E-state index in [4.69, 9.17) is 16.6 Å². The summed E-state index contributed by atoms with van der Waals surface area (Å²) in [5, 5.41) is 13.9. The zero-order chi connectivity index (χ0) is 27.9. The number of carboxylic acids is 1. The molecule has 1 unspecified atom stereocenters. The summed E-state index contributed by atoms with van der Waals surface area (Å²) in [6.07, 6.45) is 5.51. The van der Waals surface area contributed by atoms with Crippen LogP contribution in [0.2, 0.25) is 5.02 Å². The lowest BCUT2D eigenvalue weighted by Crippen LogP contribution is -2.35. The van der Waals surface area contributed by atoms with E-state index in [1.165, 1.54) is 6.07 Å². The molecule has 40 heavy (non-hydrogen) atoms. The molecule has 7 rings (SSSR count). The number of carboxylic acid groups (broad SMARTS) is 1. The first-order chi connectivity index (χ1) is 19.3. The number of carbonyl (C=O) groups is 1. The molecule has 4 aromatic heterocycles. The average molecular weight is 562 g/mol. The molecule has 0 amide bonds. The van der Waals surface area contributed by atoms with E-state index in [0.29, 0.717) is 44.7 Å². The second-order valence-electron chi connectivity index (χ2n) is 10.6. The van der Waals surface area contributed by atoms with Gasteiger partial charge < -0.3 is 30.2 Å². The van der Waals surface area contributed by atoms with Crippen LogP contribution < -0.4 is 15.6 Å². The third-order valence-electron chi connectivity index (χ3n) is 8.32. The van der Waals surface area contributed by atoms with Gasteiger partial charge >= 0.3 is 5.97 Å². The van der Waals surface area contributed by atoms with Crippen LogP contribution in [0, 0.1) is 11.7 Å². The number of nitrogens with one attached hydrogen (secondary N) is 3. The van der Waals surface area contributed by atoms with Gasteiger partial charge in [-0.3, -0.25) is 4.79 Å². The Morgan fingerprint density at radius 2 is 2.00 bits per heavy atom. The highest BCUT2D eigenvalue weighted by Crippen LogP contribution is 2.47. The van der Waals surface area contributed by atoms with Crippen molar-refractivity contribution < 1.29 is 14.3 Å². The van der Waals surface area contributed by atoms with Gasteiger partial charge in [0.05, 0.1) is 32.7 Å². The lowest BCUT2D eigenvalue weighted by atomic mass is 9.99. The first-order valence-electron chi connectivity index (χ1n) is 13.0. The maximum absolute atomic E-state index is 15.1. The summed E-state index contributed by atoms with van der Waals surface area (Å²) >= 11 is 6.64. The number of benzene rings is 1. The van der Waals surface area contributed by atoms with Gasteiger partial charge in [0, 0.05) is 73.9 Å². The molecule has 2 fully saturated rings. The number of hydrogen-bond donors (Lipinski definition) is 4. The summed E-state index contributed by atoms with van der Waals surface area (Å²) < 4.78 is 15.1. The first-order valence-corrected chi connectivity index (χ1v) is 13.3. The fraction of sp³-hybridized carbons (Fsp3) is 0.286. The predicted octanol–water partition coefficient (Wildman–Crippen LogP) is 4.29. The summed E-state index contributed by atoms with van der Waals surface area (Å²) in [4.78, 5) is 44.6. The van der Waals surface area contributed by atoms with Gasteiger partial charge in [0.1, 0.15) is 22.7 Å². The number of H-pyrrole nitrogens is 2. The van der Waals surface area contributed by atoms with Gasteiger partial charge in [-0.25, -0.2) is 19.2 Å². The first kappa shape index (κ1) is 24.8. The molecule has 1 aromatic carbocycles. The Hall–Kier alpha value is -4.22. The van der Waals surface area contributed by atoms with E-state index in [9.17, 15) is 14.7 Å². The van der Waals surface area contributed by atoms with Crippen molar-refractivity contribution >= 4 is 61.9 Å². The minimum atomic E-state index is -1.32. The molecule has 6 heterocycles. The van der Waals surface area contributed by atoms with Crippen LogP contribution >= 0.6 is 11.6 Å². The number of aromatic amines is 2. The van der Waals surface area contributed by atoms with Gasteiger partial charge in [-0.1, -0.05) is 11.6 Å². The number of fused-ring (bicyclic) bond motifs is 5. The van der Waals surface area contributed by atoms with Crippen LogP contribution in [0.1, 0.15) is 16.8 Å². The van der Waals surface area contributed by atoms with E-state index < -0.39 is 17.2 Å². The second kappa shape index (κ2) is 8.90. The molecule has 2 atom stereocenters. The van der Waals surface area contributed by atoms with Crippen molar-refractivity contribution in [2.45, 2.75) is 12.5 Å². The van der Waals surface area contributed by atoms with Crippen molar-refractivity contribution in [1.82, 2.24) is 24.8 Å². The second-order valence-corrected chi connectivity index (χ2v) is 11.0. The van der Waals surface area contributed by atoms with Crippen molar-refractivity contribution in [3.05, 3.63) is 57.3 Å². The van der Waals surface area contributed by atoms with Crippen molar-refractivity contribution in [3.63, 3.8) is 0 Å². The summed E-state index contributed by atoms with van der Waals surface area (Å²) in [6.45, 7) is 2.65. The maximum Gasteiger partial charge on any atom is 0.341 e. The number of aromatic nitrogens is 4. The highest BCUT2D eigenvalue weighted by molar-refractivity contribution is 6.39. The topological polar surface area (TPSA) is 130 Å². The number of hydrogen-bond acceptors (Lipinski definition) is 7. The fourth-order valence-electron chi connectivity index (χ4n) is 6.51. The largest absolute Gasteiger partial charge is 0.477 e. The molecule has 0 spiro atoms. The Balaban J connectivity index is 1.57. The van der Waals surface area contributed by atoms with Gasteiger partial charge in [0.15, 0.2) is 0 Å². The fourth-order valence-corrected chi connectivity index (χ4v) is 6.75. The number of anilines is 2. The molecule has 0 bridgehead atoms. The van der Waals surface area contributed by atoms with E-state index in [-0.39, 0.29) is 27.7 Å². The summed E-state index contributed by atoms with van der Waals surface area (Å²) in [6, 6.07) is 3.23. The number of pyridine rings is 3. The van der Waals surface area contributed by atoms with Crippen LogP contribution in [0.4, 0.5) is 15.8 Å². The van der Waals surface area contributed by atoms with Crippen molar-refractivity contribution in [1.29, 1.82) is 0 Å². The Morgan fingerprint density at radius 1 is 1.20 bits per heavy atom. The van der Waals surface area contributed by atoms with Gasteiger partial charge in [0.25, 0.3) is 0 Å². The Labute approximate surface area is 231 Å². The molecule has 10 nitrogen and oxygen atoms in total. The Bertz CT molecular complexity index is 1940. The Morgan fingerprint density at radius 3 is 2.77 bits per heavy atom. The van der Waals surface area contributed by atoms with E-state index in [0.717, 1.165) is 37.9 Å². The molecular formula is C28H25ClFN7O3. The maximum atomic E-state index is 15.1. The predicted molar refractivity (Wildman–Crippen MR) is 153 cm³/mol. The molecule has 5 aromatic rings. The molecule has 0 radical (unpaired) electrons. The number of nitrogens with zero attached hydrogens (tertiary/aromatic N) is 4. The number of aromatic carboxylic acids is 1. The third kappa shape index (κ3) is 3.50. The van der Waals surface area contributed by atoms with Crippen molar-refractivity contribution in [3.8, 4) is 11.1 Å². The quantitative estimate of drug-likeness (QED) is 0.256. The molecule has 2 saturated heterocycles. The molecule has 204 valence electrons. The molecule has 12 heteroatoms. The van der Waals surface area contributed by atoms with Gasteiger partial charge in [0.2, 0.25) is 5.43 Å². The zero-order valence-corrected chi connectivity index (χ0v) is 22.4. The molecular weight excluding hydrogens is 537 g/mol. The lowest BCUT2D eigenvalue weighted by Gasteiger charge is -2.29.